The van der Waals surface area contributed by atoms with Gasteiger partial charge in [0, 0.05) is 18.8 Å². The summed E-state index contributed by atoms with van der Waals surface area (Å²) in [5, 5.41) is 10.1. The monoisotopic (exact) mass is 364 g/mol. The summed E-state index contributed by atoms with van der Waals surface area (Å²) in [5.74, 6) is 0. The van der Waals surface area contributed by atoms with E-state index in [9.17, 15) is 13.2 Å². The Morgan fingerprint density at radius 1 is 1.32 bits per heavy atom. The largest absolute Gasteiger partial charge is 0.351 e. The number of hydrogen-bond acceptors (Lipinski definition) is 5. The predicted octanol–water partition coefficient (Wildman–Crippen LogP) is 0.345. The number of fused-ring (bicyclic) bond motifs is 1. The fourth-order valence-corrected chi connectivity index (χ4v) is 3.62. The fourth-order valence-electron chi connectivity index (χ4n) is 2.62. The van der Waals surface area contributed by atoms with Crippen LogP contribution in [0.3, 0.4) is 0 Å². The van der Waals surface area contributed by atoms with Crippen LogP contribution in [0, 0.1) is 0 Å². The van der Waals surface area contributed by atoms with Gasteiger partial charge < -0.3 is 16.4 Å². The number of carbonyl (C=O) groups is 1. The number of nitrogens with zero attached hydrogens (tertiary/aromatic N) is 2. The maximum atomic E-state index is 12.4. The molecule has 134 valence electrons. The summed E-state index contributed by atoms with van der Waals surface area (Å²) < 4.78 is 29.2. The maximum absolute atomic E-state index is 12.4. The Hall–Kier alpha value is -2.43. The van der Waals surface area contributed by atoms with E-state index in [0.717, 1.165) is 31.7 Å². The van der Waals surface area contributed by atoms with E-state index in [-0.39, 0.29) is 11.4 Å². The first-order chi connectivity index (χ1) is 11.9. The van der Waals surface area contributed by atoms with Gasteiger partial charge in [0.25, 0.3) is 0 Å². The van der Waals surface area contributed by atoms with Crippen LogP contribution in [0.5, 0.6) is 0 Å². The summed E-state index contributed by atoms with van der Waals surface area (Å²) in [6.07, 6.45) is 0.992. The summed E-state index contributed by atoms with van der Waals surface area (Å²) in [6.45, 7) is 2.62. The highest BCUT2D eigenvalue weighted by Gasteiger charge is 2.16. The quantitative estimate of drug-likeness (QED) is 0.608. The summed E-state index contributed by atoms with van der Waals surface area (Å²) in [5.41, 5.74) is 7.17. The van der Waals surface area contributed by atoms with Gasteiger partial charge in [-0.1, -0.05) is 0 Å². The van der Waals surface area contributed by atoms with Gasteiger partial charge in [-0.15, -0.1) is 0 Å². The van der Waals surface area contributed by atoms with Crippen LogP contribution >= 0.6 is 0 Å². The summed E-state index contributed by atoms with van der Waals surface area (Å²) in [7, 11) is -3.67. The van der Waals surface area contributed by atoms with Crippen molar-refractivity contribution in [2.24, 2.45) is 5.73 Å². The van der Waals surface area contributed by atoms with E-state index >= 15 is 0 Å². The molecule has 0 saturated heterocycles. The topological polar surface area (TPSA) is 131 Å². The van der Waals surface area contributed by atoms with Gasteiger partial charge in [-0.25, -0.2) is 17.9 Å². The first kappa shape index (κ1) is 17.4. The van der Waals surface area contributed by atoms with Crippen molar-refractivity contribution in [3.05, 3.63) is 41.7 Å². The lowest BCUT2D eigenvalue weighted by Gasteiger charge is -2.07. The standard InChI is InChI=1S/C15H20N6O3S/c16-15(22)19-11-2-4-14(5-3-11)25(23,24)18-9-12-8-13-10-17-6-1-7-21(13)20-12/h2-5,8,17-18H,1,6-7,9-10H2,(H3,16,19,22). The molecule has 0 bridgehead atoms. The van der Waals surface area contributed by atoms with Gasteiger partial charge in [-0.2, -0.15) is 5.10 Å². The van der Waals surface area contributed by atoms with Gasteiger partial charge >= 0.3 is 6.03 Å². The highest BCUT2D eigenvalue weighted by Crippen LogP contribution is 2.15. The lowest BCUT2D eigenvalue weighted by Crippen LogP contribution is -2.24. The maximum Gasteiger partial charge on any atom is 0.316 e. The molecular weight excluding hydrogens is 344 g/mol. The third-order valence-corrected chi connectivity index (χ3v) is 5.24. The second-order valence-electron chi connectivity index (χ2n) is 5.72. The van der Waals surface area contributed by atoms with Gasteiger partial charge in [0.2, 0.25) is 10.0 Å². The van der Waals surface area contributed by atoms with Crippen molar-refractivity contribution in [2.75, 3.05) is 11.9 Å². The van der Waals surface area contributed by atoms with E-state index in [4.69, 9.17) is 5.73 Å². The number of aryl methyl sites for hydroxylation is 1. The summed E-state index contributed by atoms with van der Waals surface area (Å²) >= 11 is 0. The van der Waals surface area contributed by atoms with Crippen LogP contribution in [-0.4, -0.2) is 30.8 Å². The molecule has 0 radical (unpaired) electrons. The molecule has 0 spiro atoms. The van der Waals surface area contributed by atoms with Crippen LogP contribution in [0.1, 0.15) is 17.8 Å². The fraction of sp³-hybridized carbons (Fsp3) is 0.333. The Kier molecular flexibility index (Phi) is 5.02. The molecule has 1 aromatic carbocycles. The van der Waals surface area contributed by atoms with Crippen LogP contribution in [0.2, 0.25) is 0 Å². The van der Waals surface area contributed by atoms with Gasteiger partial charge in [-0.05, 0) is 43.3 Å². The van der Waals surface area contributed by atoms with Gasteiger partial charge in [0.05, 0.1) is 22.8 Å². The molecule has 1 aromatic heterocycles. The highest BCUT2D eigenvalue weighted by atomic mass is 32.2. The number of carbonyl (C=O) groups excluding carboxylic acids is 1. The van der Waals surface area contributed by atoms with Crippen molar-refractivity contribution >= 4 is 21.7 Å². The molecule has 1 aliphatic heterocycles. The summed E-state index contributed by atoms with van der Waals surface area (Å²) in [6, 6.07) is 6.96. The molecule has 0 unspecified atom stereocenters. The minimum absolute atomic E-state index is 0.102. The zero-order valence-corrected chi connectivity index (χ0v) is 14.3. The Labute approximate surface area is 145 Å². The summed E-state index contributed by atoms with van der Waals surface area (Å²) in [4.78, 5) is 10.9. The van der Waals surface area contributed by atoms with Crippen molar-refractivity contribution in [3.63, 3.8) is 0 Å². The molecule has 0 saturated carbocycles. The third kappa shape index (κ3) is 4.35. The second kappa shape index (κ2) is 7.21. The number of rotatable bonds is 5. The molecule has 3 rings (SSSR count). The zero-order valence-electron chi connectivity index (χ0n) is 13.5. The lowest BCUT2D eigenvalue weighted by atomic mass is 10.3. The number of aromatic nitrogens is 2. The molecule has 2 heterocycles. The van der Waals surface area contributed by atoms with E-state index < -0.39 is 16.1 Å². The molecule has 1 aliphatic rings. The third-order valence-electron chi connectivity index (χ3n) is 3.82. The van der Waals surface area contributed by atoms with Gasteiger partial charge in [0.15, 0.2) is 0 Å². The van der Waals surface area contributed by atoms with Crippen LogP contribution < -0.4 is 21.1 Å². The predicted molar refractivity (Wildman–Crippen MR) is 92.2 cm³/mol. The van der Waals surface area contributed by atoms with E-state index in [0.29, 0.717) is 11.4 Å². The van der Waals surface area contributed by atoms with Crippen LogP contribution in [0.25, 0.3) is 0 Å². The molecule has 0 atom stereocenters. The molecule has 0 fully saturated rings. The van der Waals surface area contributed by atoms with Crippen LogP contribution in [0.15, 0.2) is 35.2 Å². The number of benzene rings is 1. The van der Waals surface area contributed by atoms with Crippen molar-refractivity contribution in [2.45, 2.75) is 31.0 Å². The van der Waals surface area contributed by atoms with E-state index in [2.05, 4.69) is 20.5 Å². The average molecular weight is 364 g/mol. The molecule has 0 aliphatic carbocycles. The SMILES string of the molecule is NC(=O)Nc1ccc(S(=O)(=O)NCc2cc3n(n2)CCCNC3)cc1. The van der Waals surface area contributed by atoms with E-state index in [1.54, 1.807) is 0 Å². The second-order valence-corrected chi connectivity index (χ2v) is 7.49. The number of nitrogens with two attached hydrogens (primary N) is 1. The Morgan fingerprint density at radius 3 is 2.80 bits per heavy atom. The number of hydrogen-bond donors (Lipinski definition) is 4. The normalized spacial score (nSPS) is 14.6. The Morgan fingerprint density at radius 2 is 2.08 bits per heavy atom. The number of primary amides is 1. The van der Waals surface area contributed by atoms with Gasteiger partial charge in [-0.3, -0.25) is 4.68 Å². The molecule has 5 N–H and O–H groups in total. The van der Waals surface area contributed by atoms with Crippen molar-refractivity contribution in [1.29, 1.82) is 0 Å². The van der Waals surface area contributed by atoms with Gasteiger partial charge in [0.1, 0.15) is 0 Å². The average Bonchev–Trinajstić information content (AvgIpc) is 2.83. The molecule has 25 heavy (non-hydrogen) atoms. The molecular formula is C15H20N6O3S. The van der Waals surface area contributed by atoms with Crippen molar-refractivity contribution < 1.29 is 13.2 Å². The van der Waals surface area contributed by atoms with E-state index in [1.807, 2.05) is 10.7 Å². The first-order valence-electron chi connectivity index (χ1n) is 7.86. The molecule has 9 nitrogen and oxygen atoms in total. The van der Waals surface area contributed by atoms with Crippen LogP contribution in [0.4, 0.5) is 10.5 Å². The smallest absolute Gasteiger partial charge is 0.316 e. The van der Waals surface area contributed by atoms with Crippen molar-refractivity contribution in [1.82, 2.24) is 19.8 Å². The number of sulfonamides is 1. The van der Waals surface area contributed by atoms with Crippen LogP contribution in [-0.2, 0) is 29.7 Å². The number of nitrogens with one attached hydrogen (secondary N) is 3. The minimum Gasteiger partial charge on any atom is -0.351 e. The molecule has 10 heteroatoms. The first-order valence-corrected chi connectivity index (χ1v) is 9.35. The highest BCUT2D eigenvalue weighted by molar-refractivity contribution is 7.89. The number of anilines is 1. The molecule has 2 aromatic rings. The van der Waals surface area contributed by atoms with E-state index in [1.165, 1.54) is 24.3 Å². The lowest BCUT2D eigenvalue weighted by molar-refractivity contribution is 0.259. The van der Waals surface area contributed by atoms with Crippen molar-refractivity contribution in [3.8, 4) is 0 Å². The Bertz CT molecular complexity index is 836. The minimum atomic E-state index is -3.67. The zero-order chi connectivity index (χ0) is 17.9. The number of urea groups is 1. The molecule has 2 amide bonds. The Balaban J connectivity index is 1.66. The number of amides is 2.